The van der Waals surface area contributed by atoms with Crippen molar-refractivity contribution in [3.8, 4) is 0 Å². The van der Waals surface area contributed by atoms with Crippen LogP contribution in [0.4, 0.5) is 4.39 Å². The fraction of sp³-hybridized carbons (Fsp3) is 0.600. The van der Waals surface area contributed by atoms with Gasteiger partial charge >= 0.3 is 0 Å². The zero-order valence-corrected chi connectivity index (χ0v) is 15.8. The number of benzene rings is 1. The van der Waals surface area contributed by atoms with Crippen LogP contribution in [-0.2, 0) is 4.79 Å². The van der Waals surface area contributed by atoms with E-state index in [1.54, 1.807) is 4.90 Å². The molecular weight excluding hydrogens is 347 g/mol. The van der Waals surface area contributed by atoms with Crippen LogP contribution in [0.1, 0.15) is 29.6 Å². The van der Waals surface area contributed by atoms with Crippen LogP contribution < -0.4 is 10.6 Å². The maximum absolute atomic E-state index is 13.0. The largest absolute Gasteiger partial charge is 0.356 e. The van der Waals surface area contributed by atoms with E-state index in [-0.39, 0.29) is 23.5 Å². The van der Waals surface area contributed by atoms with Gasteiger partial charge < -0.3 is 20.4 Å². The molecule has 2 amide bonds. The predicted molar refractivity (Wildman–Crippen MR) is 102 cm³/mol. The van der Waals surface area contributed by atoms with Crippen molar-refractivity contribution in [1.29, 1.82) is 0 Å². The van der Waals surface area contributed by atoms with Crippen molar-refractivity contribution >= 4 is 11.8 Å². The molecular formula is C20H29FN4O2. The summed E-state index contributed by atoms with van der Waals surface area (Å²) in [5.41, 5.74) is 0.466. The maximum Gasteiger partial charge on any atom is 0.253 e. The average molecular weight is 376 g/mol. The lowest BCUT2D eigenvalue weighted by Gasteiger charge is -2.32. The number of carbonyl (C=O) groups excluding carboxylic acids is 2. The average Bonchev–Trinajstić information content (AvgIpc) is 2.72. The number of rotatable bonds is 6. The number of hydrogen-bond donors (Lipinski definition) is 2. The molecule has 0 bridgehead atoms. The van der Waals surface area contributed by atoms with Crippen LogP contribution in [0, 0.1) is 11.7 Å². The predicted octanol–water partition coefficient (Wildman–Crippen LogP) is 1.09. The zero-order valence-electron chi connectivity index (χ0n) is 15.8. The summed E-state index contributed by atoms with van der Waals surface area (Å²) in [7, 11) is 0. The highest BCUT2D eigenvalue weighted by atomic mass is 19.1. The van der Waals surface area contributed by atoms with Crippen LogP contribution in [0.2, 0.25) is 0 Å². The fourth-order valence-corrected chi connectivity index (χ4v) is 3.74. The zero-order chi connectivity index (χ0) is 19.1. The highest BCUT2D eigenvalue weighted by Gasteiger charge is 2.28. The Hall–Kier alpha value is -1.99. The molecule has 1 aromatic rings. The van der Waals surface area contributed by atoms with Gasteiger partial charge in [-0.1, -0.05) is 0 Å². The van der Waals surface area contributed by atoms with Gasteiger partial charge in [-0.05, 0) is 50.1 Å². The summed E-state index contributed by atoms with van der Waals surface area (Å²) in [5, 5.41) is 6.36. The maximum atomic E-state index is 13.0. The second-order valence-electron chi connectivity index (χ2n) is 7.33. The van der Waals surface area contributed by atoms with E-state index in [2.05, 4.69) is 15.5 Å². The SMILES string of the molecule is O=C(NCCCN1CCNCC1)C1CCCN(C(=O)c2ccc(F)cc2)C1. The Bertz CT molecular complexity index is 631. The topological polar surface area (TPSA) is 64.7 Å². The molecule has 7 heteroatoms. The normalized spacial score (nSPS) is 21.1. The first-order valence-electron chi connectivity index (χ1n) is 9.89. The van der Waals surface area contributed by atoms with E-state index < -0.39 is 0 Å². The van der Waals surface area contributed by atoms with E-state index in [1.165, 1.54) is 24.3 Å². The number of carbonyl (C=O) groups is 2. The van der Waals surface area contributed by atoms with E-state index in [0.717, 1.165) is 52.0 Å². The summed E-state index contributed by atoms with van der Waals surface area (Å²) in [6.45, 7) is 6.95. The molecule has 2 aliphatic rings. The van der Waals surface area contributed by atoms with Crippen molar-refractivity contribution in [3.63, 3.8) is 0 Å². The quantitative estimate of drug-likeness (QED) is 0.730. The molecule has 1 unspecified atom stereocenters. The number of nitrogens with zero attached hydrogens (tertiary/aromatic N) is 2. The highest BCUT2D eigenvalue weighted by molar-refractivity contribution is 5.94. The smallest absolute Gasteiger partial charge is 0.253 e. The Kier molecular flexibility index (Phi) is 7.18. The van der Waals surface area contributed by atoms with E-state index in [0.29, 0.717) is 25.2 Å². The van der Waals surface area contributed by atoms with Crippen LogP contribution in [0.15, 0.2) is 24.3 Å². The van der Waals surface area contributed by atoms with Gasteiger partial charge in [0.05, 0.1) is 5.92 Å². The molecule has 0 aromatic heterocycles. The molecule has 1 atom stereocenters. The Balaban J connectivity index is 1.42. The third-order valence-corrected chi connectivity index (χ3v) is 5.33. The number of piperazine rings is 1. The monoisotopic (exact) mass is 376 g/mol. The summed E-state index contributed by atoms with van der Waals surface area (Å²) in [5.74, 6) is -0.622. The molecule has 27 heavy (non-hydrogen) atoms. The standard InChI is InChI=1S/C20H29FN4O2/c21-18-6-4-16(5-7-18)20(27)25-12-1-3-17(15-25)19(26)23-8-2-11-24-13-9-22-10-14-24/h4-7,17,22H,1-3,8-15H2,(H,23,26). The van der Waals surface area contributed by atoms with Crippen molar-refractivity contribution in [2.75, 3.05) is 52.4 Å². The molecule has 0 aliphatic carbocycles. The first-order chi connectivity index (χ1) is 13.1. The van der Waals surface area contributed by atoms with Crippen LogP contribution in [0.25, 0.3) is 0 Å². The van der Waals surface area contributed by atoms with Gasteiger partial charge in [0.15, 0.2) is 0 Å². The molecule has 0 spiro atoms. The summed E-state index contributed by atoms with van der Waals surface area (Å²) in [6, 6.07) is 5.58. The third kappa shape index (κ3) is 5.74. The van der Waals surface area contributed by atoms with Crippen molar-refractivity contribution in [1.82, 2.24) is 20.4 Å². The van der Waals surface area contributed by atoms with Gasteiger partial charge in [-0.15, -0.1) is 0 Å². The summed E-state index contributed by atoms with van der Waals surface area (Å²) in [4.78, 5) is 29.2. The fourth-order valence-electron chi connectivity index (χ4n) is 3.74. The first-order valence-corrected chi connectivity index (χ1v) is 9.89. The van der Waals surface area contributed by atoms with Crippen LogP contribution in [0.5, 0.6) is 0 Å². The van der Waals surface area contributed by atoms with Gasteiger partial charge in [-0.25, -0.2) is 4.39 Å². The molecule has 2 saturated heterocycles. The second kappa shape index (κ2) is 9.80. The lowest BCUT2D eigenvalue weighted by Crippen LogP contribution is -2.46. The number of halogens is 1. The van der Waals surface area contributed by atoms with Crippen molar-refractivity contribution in [2.45, 2.75) is 19.3 Å². The van der Waals surface area contributed by atoms with Crippen LogP contribution in [0.3, 0.4) is 0 Å². The minimum absolute atomic E-state index is 0.0342. The van der Waals surface area contributed by atoms with Crippen LogP contribution >= 0.6 is 0 Å². The lowest BCUT2D eigenvalue weighted by atomic mass is 9.96. The molecule has 148 valence electrons. The summed E-state index contributed by atoms with van der Waals surface area (Å²) in [6.07, 6.45) is 2.55. The highest BCUT2D eigenvalue weighted by Crippen LogP contribution is 2.19. The molecule has 2 heterocycles. The first kappa shape index (κ1) is 19.8. The lowest BCUT2D eigenvalue weighted by molar-refractivity contribution is -0.126. The van der Waals surface area contributed by atoms with E-state index >= 15 is 0 Å². The minimum Gasteiger partial charge on any atom is -0.356 e. The minimum atomic E-state index is -0.358. The van der Waals surface area contributed by atoms with E-state index in [9.17, 15) is 14.0 Å². The van der Waals surface area contributed by atoms with Gasteiger partial charge in [0.2, 0.25) is 5.91 Å². The Morgan fingerprint density at radius 3 is 2.63 bits per heavy atom. The molecule has 6 nitrogen and oxygen atoms in total. The van der Waals surface area contributed by atoms with E-state index in [1.807, 2.05) is 0 Å². The molecule has 3 rings (SSSR count). The van der Waals surface area contributed by atoms with E-state index in [4.69, 9.17) is 0 Å². The molecule has 2 fully saturated rings. The number of amides is 2. The summed E-state index contributed by atoms with van der Waals surface area (Å²) < 4.78 is 13.0. The van der Waals surface area contributed by atoms with Crippen molar-refractivity contribution in [3.05, 3.63) is 35.6 Å². The molecule has 0 radical (unpaired) electrons. The second-order valence-corrected chi connectivity index (χ2v) is 7.33. The Morgan fingerprint density at radius 1 is 1.15 bits per heavy atom. The Labute approximate surface area is 160 Å². The van der Waals surface area contributed by atoms with Crippen molar-refractivity contribution < 1.29 is 14.0 Å². The molecule has 2 aliphatic heterocycles. The molecule has 1 aromatic carbocycles. The number of nitrogens with one attached hydrogen (secondary N) is 2. The number of hydrogen-bond acceptors (Lipinski definition) is 4. The molecule has 2 N–H and O–H groups in total. The third-order valence-electron chi connectivity index (χ3n) is 5.33. The van der Waals surface area contributed by atoms with Gasteiger partial charge in [0.25, 0.3) is 5.91 Å². The van der Waals surface area contributed by atoms with Gasteiger partial charge in [-0.2, -0.15) is 0 Å². The summed E-state index contributed by atoms with van der Waals surface area (Å²) >= 11 is 0. The Morgan fingerprint density at radius 2 is 1.89 bits per heavy atom. The van der Waals surface area contributed by atoms with Crippen molar-refractivity contribution in [2.24, 2.45) is 5.92 Å². The number of piperidine rings is 1. The molecule has 0 saturated carbocycles. The van der Waals surface area contributed by atoms with Gasteiger partial charge in [0.1, 0.15) is 5.82 Å². The van der Waals surface area contributed by atoms with Crippen LogP contribution in [-0.4, -0.2) is 74.0 Å². The van der Waals surface area contributed by atoms with Gasteiger partial charge in [0, 0.05) is 51.4 Å². The number of likely N-dealkylation sites (tertiary alicyclic amines) is 1. The van der Waals surface area contributed by atoms with Gasteiger partial charge in [-0.3, -0.25) is 9.59 Å².